The van der Waals surface area contributed by atoms with Crippen LogP contribution in [-0.4, -0.2) is 43.5 Å². The first-order chi connectivity index (χ1) is 16.8. The zero-order valence-corrected chi connectivity index (χ0v) is 22.3. The molecule has 4 aromatic rings. The number of unbranched alkanes of at least 4 members (excludes halogenated alkanes) is 1. The SMILES string of the molecule is CCCCN(C)S(=O)(=O)c1ccc(C(=O)N(Cc2ccco2)c2nc3c(SC)cccc3s2)cc1. The number of fused-ring (bicyclic) bond motifs is 1. The smallest absolute Gasteiger partial charge is 0.260 e. The highest BCUT2D eigenvalue weighted by Crippen LogP contribution is 2.35. The molecule has 0 unspecified atom stereocenters. The molecular formula is C25H27N3O4S3. The fourth-order valence-electron chi connectivity index (χ4n) is 3.58. The van der Waals surface area contributed by atoms with Crippen LogP contribution < -0.4 is 4.90 Å². The Bertz CT molecular complexity index is 1400. The Kier molecular flexibility index (Phi) is 7.95. The van der Waals surface area contributed by atoms with Gasteiger partial charge in [0.2, 0.25) is 10.0 Å². The second-order valence-electron chi connectivity index (χ2n) is 7.98. The van der Waals surface area contributed by atoms with Gasteiger partial charge in [-0.3, -0.25) is 9.69 Å². The lowest BCUT2D eigenvalue weighted by Crippen LogP contribution is -2.30. The zero-order valence-electron chi connectivity index (χ0n) is 19.8. The predicted molar refractivity (Wildman–Crippen MR) is 142 cm³/mol. The molecule has 0 aliphatic carbocycles. The Morgan fingerprint density at radius 3 is 2.54 bits per heavy atom. The Morgan fingerprint density at radius 1 is 1.11 bits per heavy atom. The maximum absolute atomic E-state index is 13.6. The lowest BCUT2D eigenvalue weighted by molar-refractivity contribution is 0.0983. The van der Waals surface area contributed by atoms with Crippen LogP contribution >= 0.6 is 23.1 Å². The average molecular weight is 530 g/mol. The molecule has 0 spiro atoms. The molecule has 0 saturated carbocycles. The molecule has 0 N–H and O–H groups in total. The van der Waals surface area contributed by atoms with Crippen molar-refractivity contribution in [2.24, 2.45) is 0 Å². The number of thiazole rings is 1. The van der Waals surface area contributed by atoms with Crippen LogP contribution in [0, 0.1) is 0 Å². The summed E-state index contributed by atoms with van der Waals surface area (Å²) in [5.74, 6) is 0.342. The molecule has 0 bridgehead atoms. The summed E-state index contributed by atoms with van der Waals surface area (Å²) in [5.41, 5.74) is 1.23. The van der Waals surface area contributed by atoms with Gasteiger partial charge in [0.1, 0.15) is 5.76 Å². The molecule has 0 radical (unpaired) electrons. The van der Waals surface area contributed by atoms with E-state index in [1.807, 2.05) is 37.4 Å². The van der Waals surface area contributed by atoms with E-state index in [9.17, 15) is 13.2 Å². The Balaban J connectivity index is 1.66. The van der Waals surface area contributed by atoms with E-state index >= 15 is 0 Å². The highest BCUT2D eigenvalue weighted by atomic mass is 32.2. The van der Waals surface area contributed by atoms with Crippen LogP contribution in [0.5, 0.6) is 0 Å². The van der Waals surface area contributed by atoms with Crippen molar-refractivity contribution in [3.05, 3.63) is 72.2 Å². The van der Waals surface area contributed by atoms with Gasteiger partial charge in [-0.1, -0.05) is 30.7 Å². The van der Waals surface area contributed by atoms with E-state index in [1.165, 1.54) is 27.8 Å². The second kappa shape index (κ2) is 10.9. The molecule has 4 rings (SSSR count). The van der Waals surface area contributed by atoms with Crippen molar-refractivity contribution >= 4 is 54.4 Å². The minimum absolute atomic E-state index is 0.162. The van der Waals surface area contributed by atoms with Crippen molar-refractivity contribution in [3.63, 3.8) is 0 Å². The quantitative estimate of drug-likeness (QED) is 0.239. The van der Waals surface area contributed by atoms with Gasteiger partial charge in [0, 0.05) is 24.1 Å². The molecule has 0 atom stereocenters. The maximum atomic E-state index is 13.6. The first-order valence-electron chi connectivity index (χ1n) is 11.2. The van der Waals surface area contributed by atoms with Crippen molar-refractivity contribution in [1.29, 1.82) is 0 Å². The Hall–Kier alpha value is -2.66. The minimum Gasteiger partial charge on any atom is -0.467 e. The lowest BCUT2D eigenvalue weighted by Gasteiger charge is -2.20. The standard InChI is InChI=1S/C25H27N3O4S3/c1-4-5-15-27(2)35(30,31)20-13-11-18(12-14-20)24(29)28(17-19-8-7-16-32-19)25-26-23-21(33-3)9-6-10-22(23)34-25/h6-14,16H,4-5,15,17H2,1-3H3. The fraction of sp³-hybridized carbons (Fsp3) is 0.280. The van der Waals surface area contributed by atoms with E-state index in [4.69, 9.17) is 9.40 Å². The number of rotatable bonds is 10. The summed E-state index contributed by atoms with van der Waals surface area (Å²) in [5, 5.41) is 0.555. The van der Waals surface area contributed by atoms with Crippen LogP contribution in [0.15, 0.2) is 75.1 Å². The van der Waals surface area contributed by atoms with Crippen molar-refractivity contribution in [3.8, 4) is 0 Å². The van der Waals surface area contributed by atoms with Crippen LogP contribution in [0.3, 0.4) is 0 Å². The molecule has 1 amide bonds. The summed E-state index contributed by atoms with van der Waals surface area (Å²) in [7, 11) is -2.04. The van der Waals surface area contributed by atoms with Crippen LogP contribution in [0.1, 0.15) is 35.9 Å². The maximum Gasteiger partial charge on any atom is 0.260 e. The Morgan fingerprint density at radius 2 is 1.89 bits per heavy atom. The van der Waals surface area contributed by atoms with Gasteiger partial charge in [-0.25, -0.2) is 17.7 Å². The summed E-state index contributed by atoms with van der Waals surface area (Å²) in [6.45, 7) is 2.68. The highest BCUT2D eigenvalue weighted by molar-refractivity contribution is 7.98. The van der Waals surface area contributed by atoms with Crippen molar-refractivity contribution in [2.45, 2.75) is 36.1 Å². The zero-order chi connectivity index (χ0) is 25.0. The number of anilines is 1. The molecule has 2 aromatic heterocycles. The molecule has 2 heterocycles. The number of carbonyl (C=O) groups is 1. The van der Waals surface area contributed by atoms with Gasteiger partial charge in [-0.05, 0) is 61.2 Å². The Labute approximate surface area is 213 Å². The van der Waals surface area contributed by atoms with Crippen molar-refractivity contribution in [1.82, 2.24) is 9.29 Å². The number of para-hydroxylation sites is 1. The second-order valence-corrected chi connectivity index (χ2v) is 11.9. The molecule has 7 nitrogen and oxygen atoms in total. The first-order valence-corrected chi connectivity index (χ1v) is 14.7. The number of amides is 1. The van der Waals surface area contributed by atoms with Gasteiger partial charge in [0.15, 0.2) is 5.13 Å². The van der Waals surface area contributed by atoms with E-state index in [0.717, 1.165) is 28.0 Å². The molecule has 2 aromatic carbocycles. The van der Waals surface area contributed by atoms with Gasteiger partial charge in [0.05, 0.1) is 27.9 Å². The fourth-order valence-corrected chi connectivity index (χ4v) is 6.41. The van der Waals surface area contributed by atoms with Crippen LogP contribution in [0.2, 0.25) is 0 Å². The van der Waals surface area contributed by atoms with Crippen LogP contribution in [0.4, 0.5) is 5.13 Å². The summed E-state index contributed by atoms with van der Waals surface area (Å²) < 4.78 is 33.5. The van der Waals surface area contributed by atoms with Gasteiger partial charge < -0.3 is 4.42 Å². The van der Waals surface area contributed by atoms with E-state index < -0.39 is 10.0 Å². The molecule has 10 heteroatoms. The number of thioether (sulfide) groups is 1. The number of furan rings is 1. The molecular weight excluding hydrogens is 502 g/mol. The molecule has 0 aliphatic heterocycles. The third-order valence-corrected chi connectivity index (χ3v) is 9.28. The number of nitrogens with zero attached hydrogens (tertiary/aromatic N) is 3. The first kappa shape index (κ1) is 25.4. The minimum atomic E-state index is -3.61. The van der Waals surface area contributed by atoms with Crippen molar-refractivity contribution < 1.29 is 17.6 Å². The van der Waals surface area contributed by atoms with Gasteiger partial charge in [-0.2, -0.15) is 0 Å². The van der Waals surface area contributed by atoms with Gasteiger partial charge in [-0.15, -0.1) is 11.8 Å². The third kappa shape index (κ3) is 5.45. The third-order valence-electron chi connectivity index (χ3n) is 5.60. The molecule has 0 fully saturated rings. The van der Waals surface area contributed by atoms with E-state index in [-0.39, 0.29) is 17.3 Å². The number of hydrogen-bond acceptors (Lipinski definition) is 7. The topological polar surface area (TPSA) is 83.7 Å². The average Bonchev–Trinajstić information content (AvgIpc) is 3.55. The van der Waals surface area contributed by atoms with Gasteiger partial charge >= 0.3 is 0 Å². The van der Waals surface area contributed by atoms with Crippen LogP contribution in [0.25, 0.3) is 10.2 Å². The normalized spacial score (nSPS) is 11.9. The molecule has 0 saturated heterocycles. The number of benzene rings is 2. The summed E-state index contributed by atoms with van der Waals surface area (Å²) in [6.07, 6.45) is 5.25. The summed E-state index contributed by atoms with van der Waals surface area (Å²) in [6, 6.07) is 15.6. The number of aromatic nitrogens is 1. The van der Waals surface area contributed by atoms with E-state index in [1.54, 1.807) is 48.2 Å². The number of carbonyl (C=O) groups excluding carboxylic acids is 1. The van der Waals surface area contributed by atoms with Crippen molar-refractivity contribution in [2.75, 3.05) is 24.7 Å². The predicted octanol–water partition coefficient (Wildman–Crippen LogP) is 5.88. The monoisotopic (exact) mass is 529 g/mol. The summed E-state index contributed by atoms with van der Waals surface area (Å²) >= 11 is 3.04. The van der Waals surface area contributed by atoms with Crippen LogP contribution in [-0.2, 0) is 16.6 Å². The van der Waals surface area contributed by atoms with E-state index in [2.05, 4.69) is 0 Å². The highest BCUT2D eigenvalue weighted by Gasteiger charge is 2.25. The number of sulfonamides is 1. The number of hydrogen-bond donors (Lipinski definition) is 0. The summed E-state index contributed by atoms with van der Waals surface area (Å²) in [4.78, 5) is 21.2. The molecule has 184 valence electrons. The van der Waals surface area contributed by atoms with E-state index in [0.29, 0.717) is 23.0 Å². The lowest BCUT2D eigenvalue weighted by atomic mass is 10.2. The van der Waals surface area contributed by atoms with Gasteiger partial charge in [0.25, 0.3) is 5.91 Å². The largest absolute Gasteiger partial charge is 0.467 e. The molecule has 0 aliphatic rings. The molecule has 35 heavy (non-hydrogen) atoms.